The smallest absolute Gasteiger partial charge is 0.148 e. The SMILES string of the molecule is CCc1ccccc1Nc1ncc(N)cc1C#N. The number of nitrogens with two attached hydrogens (primary N) is 1. The maximum atomic E-state index is 9.06. The van der Waals surface area contributed by atoms with Crippen LogP contribution in [0, 0.1) is 11.3 Å². The van der Waals surface area contributed by atoms with E-state index in [1.54, 1.807) is 6.07 Å². The molecule has 0 spiro atoms. The third-order valence-electron chi connectivity index (χ3n) is 2.68. The van der Waals surface area contributed by atoms with Crippen LogP contribution in [-0.2, 0) is 6.42 Å². The third-order valence-corrected chi connectivity index (χ3v) is 2.68. The highest BCUT2D eigenvalue weighted by molar-refractivity contribution is 5.67. The first-order valence-corrected chi connectivity index (χ1v) is 5.75. The van der Waals surface area contributed by atoms with Crippen molar-refractivity contribution in [3.8, 4) is 6.07 Å². The zero-order chi connectivity index (χ0) is 13.0. The van der Waals surface area contributed by atoms with Crippen molar-refractivity contribution in [1.29, 1.82) is 5.26 Å². The highest BCUT2D eigenvalue weighted by atomic mass is 15.0. The summed E-state index contributed by atoms with van der Waals surface area (Å²) >= 11 is 0. The van der Waals surface area contributed by atoms with Gasteiger partial charge in [-0.2, -0.15) is 5.26 Å². The molecule has 0 saturated heterocycles. The van der Waals surface area contributed by atoms with E-state index in [1.807, 2.05) is 24.3 Å². The van der Waals surface area contributed by atoms with Crippen LogP contribution in [0.25, 0.3) is 0 Å². The minimum atomic E-state index is 0.445. The fourth-order valence-electron chi connectivity index (χ4n) is 1.74. The number of aromatic nitrogens is 1. The normalized spacial score (nSPS) is 9.78. The lowest BCUT2D eigenvalue weighted by atomic mass is 10.1. The number of rotatable bonds is 3. The van der Waals surface area contributed by atoms with Gasteiger partial charge < -0.3 is 11.1 Å². The van der Waals surface area contributed by atoms with E-state index >= 15 is 0 Å². The Balaban J connectivity index is 2.37. The second-order valence-corrected chi connectivity index (χ2v) is 3.91. The Morgan fingerprint density at radius 1 is 1.39 bits per heavy atom. The number of nitrogens with one attached hydrogen (secondary N) is 1. The average molecular weight is 238 g/mol. The van der Waals surface area contributed by atoms with E-state index in [-0.39, 0.29) is 0 Å². The van der Waals surface area contributed by atoms with Gasteiger partial charge in [-0.25, -0.2) is 4.98 Å². The van der Waals surface area contributed by atoms with Gasteiger partial charge in [0.2, 0.25) is 0 Å². The Morgan fingerprint density at radius 2 is 2.17 bits per heavy atom. The minimum absolute atomic E-state index is 0.445. The molecule has 0 aliphatic rings. The fraction of sp³-hybridized carbons (Fsp3) is 0.143. The Morgan fingerprint density at radius 3 is 2.89 bits per heavy atom. The van der Waals surface area contributed by atoms with E-state index in [0.29, 0.717) is 17.1 Å². The summed E-state index contributed by atoms with van der Waals surface area (Å²) in [6.07, 6.45) is 2.46. The summed E-state index contributed by atoms with van der Waals surface area (Å²) in [7, 11) is 0. The highest BCUT2D eigenvalue weighted by Gasteiger charge is 2.06. The maximum Gasteiger partial charge on any atom is 0.148 e. The molecule has 0 aliphatic carbocycles. The van der Waals surface area contributed by atoms with E-state index in [4.69, 9.17) is 11.0 Å². The van der Waals surface area contributed by atoms with Crippen molar-refractivity contribution in [2.75, 3.05) is 11.1 Å². The van der Waals surface area contributed by atoms with Crippen LogP contribution in [0.2, 0.25) is 0 Å². The lowest BCUT2D eigenvalue weighted by molar-refractivity contribution is 1.14. The van der Waals surface area contributed by atoms with Crippen LogP contribution in [0.5, 0.6) is 0 Å². The molecule has 0 aliphatic heterocycles. The molecule has 0 atom stereocenters. The molecule has 1 aromatic carbocycles. The van der Waals surface area contributed by atoms with Crippen LogP contribution in [0.1, 0.15) is 18.1 Å². The van der Waals surface area contributed by atoms with Crippen LogP contribution in [0.15, 0.2) is 36.5 Å². The molecule has 0 bridgehead atoms. The van der Waals surface area contributed by atoms with E-state index in [1.165, 1.54) is 11.8 Å². The third kappa shape index (κ3) is 2.41. The van der Waals surface area contributed by atoms with Gasteiger partial charge in [0, 0.05) is 5.69 Å². The number of nitrogen functional groups attached to an aromatic ring is 1. The Bertz CT molecular complexity index is 599. The molecule has 0 saturated carbocycles. The van der Waals surface area contributed by atoms with E-state index in [9.17, 15) is 0 Å². The summed E-state index contributed by atoms with van der Waals surface area (Å²) in [4.78, 5) is 4.16. The number of benzene rings is 1. The number of aryl methyl sites for hydroxylation is 1. The van der Waals surface area contributed by atoms with Gasteiger partial charge in [-0.05, 0) is 24.1 Å². The van der Waals surface area contributed by atoms with Crippen molar-refractivity contribution in [3.05, 3.63) is 47.7 Å². The number of para-hydroxylation sites is 1. The van der Waals surface area contributed by atoms with E-state index in [0.717, 1.165) is 12.1 Å². The molecule has 0 amide bonds. The first kappa shape index (κ1) is 11.9. The van der Waals surface area contributed by atoms with Crippen LogP contribution < -0.4 is 11.1 Å². The van der Waals surface area contributed by atoms with E-state index < -0.39 is 0 Å². The molecule has 90 valence electrons. The van der Waals surface area contributed by atoms with Crippen molar-refractivity contribution in [2.45, 2.75) is 13.3 Å². The van der Waals surface area contributed by atoms with Crippen LogP contribution in [-0.4, -0.2) is 4.98 Å². The number of nitriles is 1. The second-order valence-electron chi connectivity index (χ2n) is 3.91. The number of pyridine rings is 1. The van der Waals surface area contributed by atoms with E-state index in [2.05, 4.69) is 23.3 Å². The van der Waals surface area contributed by atoms with Crippen molar-refractivity contribution in [2.24, 2.45) is 0 Å². The van der Waals surface area contributed by atoms with Gasteiger partial charge in [0.1, 0.15) is 11.9 Å². The minimum Gasteiger partial charge on any atom is -0.397 e. The molecule has 2 rings (SSSR count). The summed E-state index contributed by atoms with van der Waals surface area (Å²) in [6, 6.07) is 11.7. The summed E-state index contributed by atoms with van der Waals surface area (Å²) in [5.74, 6) is 0.535. The molecule has 0 fully saturated rings. The van der Waals surface area contributed by atoms with Gasteiger partial charge in [0.25, 0.3) is 0 Å². The monoisotopic (exact) mass is 238 g/mol. The largest absolute Gasteiger partial charge is 0.397 e. The van der Waals surface area contributed by atoms with Crippen molar-refractivity contribution in [1.82, 2.24) is 4.98 Å². The van der Waals surface area contributed by atoms with Gasteiger partial charge >= 0.3 is 0 Å². The van der Waals surface area contributed by atoms with Crippen molar-refractivity contribution < 1.29 is 0 Å². The lowest BCUT2D eigenvalue weighted by Crippen LogP contribution is -2.00. The van der Waals surface area contributed by atoms with Gasteiger partial charge in [-0.3, -0.25) is 0 Å². The summed E-state index contributed by atoms with van der Waals surface area (Å²) in [5.41, 5.74) is 8.69. The molecular weight excluding hydrogens is 224 g/mol. The topological polar surface area (TPSA) is 74.7 Å². The summed E-state index contributed by atoms with van der Waals surface area (Å²) < 4.78 is 0. The summed E-state index contributed by atoms with van der Waals surface area (Å²) in [6.45, 7) is 2.09. The fourth-order valence-corrected chi connectivity index (χ4v) is 1.74. The first-order chi connectivity index (χ1) is 8.74. The standard InChI is InChI=1S/C14H14N4/c1-2-10-5-3-4-6-13(10)18-14-11(8-15)7-12(16)9-17-14/h3-7,9H,2,16H2,1H3,(H,17,18). The van der Waals surface area contributed by atoms with Crippen molar-refractivity contribution in [3.63, 3.8) is 0 Å². The Labute approximate surface area is 106 Å². The van der Waals surface area contributed by atoms with Crippen molar-refractivity contribution >= 4 is 17.2 Å². The number of hydrogen-bond donors (Lipinski definition) is 2. The Hall–Kier alpha value is -2.54. The van der Waals surface area contributed by atoms with Gasteiger partial charge in [-0.1, -0.05) is 25.1 Å². The average Bonchev–Trinajstić information content (AvgIpc) is 2.41. The summed E-state index contributed by atoms with van der Waals surface area (Å²) in [5, 5.41) is 12.2. The van der Waals surface area contributed by atoms with Crippen LogP contribution in [0.4, 0.5) is 17.2 Å². The maximum absolute atomic E-state index is 9.06. The van der Waals surface area contributed by atoms with Crippen LogP contribution in [0.3, 0.4) is 0 Å². The predicted molar refractivity (Wildman–Crippen MR) is 72.5 cm³/mol. The molecule has 0 unspecified atom stereocenters. The zero-order valence-corrected chi connectivity index (χ0v) is 10.1. The second kappa shape index (κ2) is 5.19. The molecule has 18 heavy (non-hydrogen) atoms. The number of nitrogens with zero attached hydrogens (tertiary/aromatic N) is 2. The zero-order valence-electron chi connectivity index (χ0n) is 10.1. The molecule has 0 radical (unpaired) electrons. The number of hydrogen-bond acceptors (Lipinski definition) is 4. The molecule has 3 N–H and O–H groups in total. The molecule has 4 heteroatoms. The molecule has 2 aromatic rings. The molecule has 1 aromatic heterocycles. The highest BCUT2D eigenvalue weighted by Crippen LogP contribution is 2.23. The molecule has 1 heterocycles. The lowest BCUT2D eigenvalue weighted by Gasteiger charge is -2.11. The van der Waals surface area contributed by atoms with Gasteiger partial charge in [0.05, 0.1) is 17.4 Å². The quantitative estimate of drug-likeness (QED) is 0.862. The number of anilines is 3. The Kier molecular flexibility index (Phi) is 3.44. The van der Waals surface area contributed by atoms with Gasteiger partial charge in [0.15, 0.2) is 0 Å². The first-order valence-electron chi connectivity index (χ1n) is 5.75. The van der Waals surface area contributed by atoms with Crippen LogP contribution >= 0.6 is 0 Å². The van der Waals surface area contributed by atoms with Gasteiger partial charge in [-0.15, -0.1) is 0 Å². The molecule has 4 nitrogen and oxygen atoms in total. The predicted octanol–water partition coefficient (Wildman–Crippen LogP) is 2.84. The molecular formula is C14H14N4.